The molecule has 0 radical (unpaired) electrons. The van der Waals surface area contributed by atoms with E-state index in [1.54, 1.807) is 0 Å². The highest BCUT2D eigenvalue weighted by Gasteiger charge is 2.27. The van der Waals surface area contributed by atoms with Crippen molar-refractivity contribution in [3.8, 4) is 0 Å². The van der Waals surface area contributed by atoms with Crippen molar-refractivity contribution < 1.29 is 9.53 Å². The van der Waals surface area contributed by atoms with Crippen LogP contribution in [-0.2, 0) is 14.9 Å². The minimum Gasteiger partial charge on any atom is -0.372 e. The first kappa shape index (κ1) is 20.2. The molecule has 4 heterocycles. The lowest BCUT2D eigenvalue weighted by Gasteiger charge is -2.32. The molecule has 0 spiro atoms. The monoisotopic (exact) mass is 400 g/mol. The molecule has 0 unspecified atom stereocenters. The second kappa shape index (κ2) is 8.36. The Labute approximate surface area is 172 Å². The smallest absolute Gasteiger partial charge is 0.248 e. The summed E-state index contributed by atoms with van der Waals surface area (Å²) in [5.41, 5.74) is 1.86. The van der Waals surface area contributed by atoms with Gasteiger partial charge in [0.25, 0.3) is 0 Å². The van der Waals surface area contributed by atoms with E-state index in [0.717, 1.165) is 69.2 Å². The number of aromatic nitrogens is 4. The Morgan fingerprint density at radius 3 is 2.66 bits per heavy atom. The lowest BCUT2D eigenvalue weighted by Crippen LogP contribution is -2.42. The zero-order valence-corrected chi connectivity index (χ0v) is 17.8. The molecule has 0 N–H and O–H groups in total. The third-order valence-corrected chi connectivity index (χ3v) is 5.99. The van der Waals surface area contributed by atoms with E-state index in [9.17, 15) is 4.79 Å². The van der Waals surface area contributed by atoms with Crippen LogP contribution in [0.25, 0.3) is 5.65 Å². The molecule has 0 aliphatic carbocycles. The van der Waals surface area contributed by atoms with Crippen LogP contribution in [0.2, 0.25) is 0 Å². The average molecular weight is 401 g/mol. The highest BCUT2D eigenvalue weighted by molar-refractivity contribution is 5.77. The summed E-state index contributed by atoms with van der Waals surface area (Å²) in [6.07, 6.45) is 3.01. The zero-order valence-electron chi connectivity index (χ0n) is 17.8. The molecule has 29 heavy (non-hydrogen) atoms. The number of fused-ring (bicyclic) bond motifs is 1. The van der Waals surface area contributed by atoms with E-state index >= 15 is 0 Å². The summed E-state index contributed by atoms with van der Waals surface area (Å²) < 4.78 is 7.26. The molecule has 0 atom stereocenters. The second-order valence-electron chi connectivity index (χ2n) is 9.20. The van der Waals surface area contributed by atoms with Gasteiger partial charge in [0.15, 0.2) is 11.5 Å². The average Bonchev–Trinajstić information content (AvgIpc) is 3.02. The summed E-state index contributed by atoms with van der Waals surface area (Å²) in [5.74, 6) is 1.47. The number of amides is 1. The standard InChI is InChI=1S/C21H32N6O2/c1-21(2,3)17-5-6-18-22-23-20(27(18)24-17)16-7-10-25(11-8-16)12-13-26-9-4-14-29-15-19(26)28/h5-6,16H,4,7-15H2,1-3H3. The van der Waals surface area contributed by atoms with Crippen LogP contribution < -0.4 is 0 Å². The van der Waals surface area contributed by atoms with Gasteiger partial charge in [-0.25, -0.2) is 0 Å². The molecule has 2 fully saturated rings. The highest BCUT2D eigenvalue weighted by atomic mass is 16.5. The summed E-state index contributed by atoms with van der Waals surface area (Å²) in [4.78, 5) is 16.5. The molecule has 2 aromatic rings. The first-order valence-corrected chi connectivity index (χ1v) is 10.7. The number of ether oxygens (including phenoxy) is 1. The van der Waals surface area contributed by atoms with Crippen molar-refractivity contribution in [3.05, 3.63) is 23.7 Å². The maximum atomic E-state index is 12.1. The van der Waals surface area contributed by atoms with Gasteiger partial charge in [0.05, 0.1) is 5.69 Å². The maximum Gasteiger partial charge on any atom is 0.248 e. The predicted octanol–water partition coefficient (Wildman–Crippen LogP) is 1.85. The van der Waals surface area contributed by atoms with Crippen LogP contribution in [0.4, 0.5) is 0 Å². The van der Waals surface area contributed by atoms with Crippen LogP contribution in [0.5, 0.6) is 0 Å². The minimum absolute atomic E-state index is 0.00506. The molecular formula is C21H32N6O2. The van der Waals surface area contributed by atoms with E-state index in [2.05, 4.69) is 35.9 Å². The minimum atomic E-state index is -0.00506. The first-order valence-electron chi connectivity index (χ1n) is 10.7. The third kappa shape index (κ3) is 4.59. The van der Waals surface area contributed by atoms with Gasteiger partial charge in [0, 0.05) is 37.6 Å². The normalized spacial score (nSPS) is 20.4. The Morgan fingerprint density at radius 1 is 1.10 bits per heavy atom. The number of likely N-dealkylation sites (tertiary alicyclic amines) is 1. The first-order chi connectivity index (χ1) is 13.9. The number of nitrogens with zero attached hydrogens (tertiary/aromatic N) is 6. The van der Waals surface area contributed by atoms with Gasteiger partial charge < -0.3 is 14.5 Å². The fourth-order valence-corrected chi connectivity index (χ4v) is 4.11. The van der Waals surface area contributed by atoms with Gasteiger partial charge in [0.1, 0.15) is 6.61 Å². The molecule has 8 nitrogen and oxygen atoms in total. The lowest BCUT2D eigenvalue weighted by molar-refractivity contribution is -0.134. The Balaban J connectivity index is 1.36. The molecule has 2 aromatic heterocycles. The van der Waals surface area contributed by atoms with Crippen molar-refractivity contribution in [3.63, 3.8) is 0 Å². The van der Waals surface area contributed by atoms with Crippen LogP contribution >= 0.6 is 0 Å². The summed E-state index contributed by atoms with van der Waals surface area (Å²) in [6.45, 7) is 12.0. The molecule has 4 rings (SSSR count). The number of hydrogen-bond acceptors (Lipinski definition) is 6. The van der Waals surface area contributed by atoms with Gasteiger partial charge in [-0.1, -0.05) is 20.8 Å². The SMILES string of the molecule is CC(C)(C)c1ccc2nnc(C3CCN(CCN4CCCOCC4=O)CC3)n2n1. The van der Waals surface area contributed by atoms with Crippen LogP contribution in [0.3, 0.4) is 0 Å². The molecule has 1 amide bonds. The Morgan fingerprint density at radius 2 is 1.90 bits per heavy atom. The van der Waals surface area contributed by atoms with Gasteiger partial charge >= 0.3 is 0 Å². The van der Waals surface area contributed by atoms with E-state index in [4.69, 9.17) is 9.84 Å². The molecule has 2 aliphatic heterocycles. The van der Waals surface area contributed by atoms with Crippen LogP contribution in [0.1, 0.15) is 57.5 Å². The zero-order chi connectivity index (χ0) is 20.4. The van der Waals surface area contributed by atoms with Crippen molar-refractivity contribution in [1.29, 1.82) is 0 Å². The van der Waals surface area contributed by atoms with E-state index in [1.807, 2.05) is 21.5 Å². The molecule has 0 bridgehead atoms. The number of carbonyl (C=O) groups excluding carboxylic acids is 1. The summed E-state index contributed by atoms with van der Waals surface area (Å²) >= 11 is 0. The van der Waals surface area contributed by atoms with Crippen molar-refractivity contribution in [2.75, 3.05) is 45.9 Å². The van der Waals surface area contributed by atoms with E-state index in [0.29, 0.717) is 12.5 Å². The predicted molar refractivity (Wildman–Crippen MR) is 110 cm³/mol. The van der Waals surface area contributed by atoms with Gasteiger partial charge in [-0.05, 0) is 44.5 Å². The Kier molecular flexibility index (Phi) is 5.83. The topological polar surface area (TPSA) is 75.9 Å². The van der Waals surface area contributed by atoms with Crippen LogP contribution in [0.15, 0.2) is 12.1 Å². The van der Waals surface area contributed by atoms with E-state index < -0.39 is 0 Å². The summed E-state index contributed by atoms with van der Waals surface area (Å²) in [6, 6.07) is 4.06. The molecule has 0 aromatic carbocycles. The number of carbonyl (C=O) groups is 1. The Hall–Kier alpha value is -2.06. The van der Waals surface area contributed by atoms with Crippen molar-refractivity contribution in [1.82, 2.24) is 29.6 Å². The summed E-state index contributed by atoms with van der Waals surface area (Å²) in [5, 5.41) is 13.6. The molecule has 0 saturated carbocycles. The van der Waals surface area contributed by atoms with Crippen molar-refractivity contribution >= 4 is 11.6 Å². The second-order valence-corrected chi connectivity index (χ2v) is 9.20. The fraction of sp³-hybridized carbons (Fsp3) is 0.714. The van der Waals surface area contributed by atoms with Gasteiger partial charge in [0.2, 0.25) is 5.91 Å². The lowest BCUT2D eigenvalue weighted by atomic mass is 9.92. The van der Waals surface area contributed by atoms with Crippen molar-refractivity contribution in [2.45, 2.75) is 51.4 Å². The Bertz CT molecular complexity index is 850. The number of piperidine rings is 1. The molecular weight excluding hydrogens is 368 g/mol. The van der Waals surface area contributed by atoms with Crippen LogP contribution in [-0.4, -0.2) is 81.5 Å². The van der Waals surface area contributed by atoms with Gasteiger partial charge in [-0.15, -0.1) is 10.2 Å². The van der Waals surface area contributed by atoms with Gasteiger partial charge in [-0.3, -0.25) is 4.79 Å². The van der Waals surface area contributed by atoms with Gasteiger partial charge in [-0.2, -0.15) is 9.61 Å². The third-order valence-electron chi connectivity index (χ3n) is 5.99. The number of hydrogen-bond donors (Lipinski definition) is 0. The van der Waals surface area contributed by atoms with Crippen molar-refractivity contribution in [2.24, 2.45) is 0 Å². The molecule has 2 saturated heterocycles. The molecule has 2 aliphatic rings. The molecule has 158 valence electrons. The largest absolute Gasteiger partial charge is 0.372 e. The van der Waals surface area contributed by atoms with E-state index in [1.165, 1.54) is 0 Å². The molecule has 8 heteroatoms. The van der Waals surface area contributed by atoms with E-state index in [-0.39, 0.29) is 17.9 Å². The quantitative estimate of drug-likeness (QED) is 0.780. The fourth-order valence-electron chi connectivity index (χ4n) is 4.11. The number of rotatable bonds is 4. The maximum absolute atomic E-state index is 12.1. The summed E-state index contributed by atoms with van der Waals surface area (Å²) in [7, 11) is 0. The highest BCUT2D eigenvalue weighted by Crippen LogP contribution is 2.28. The van der Waals surface area contributed by atoms with Crippen LogP contribution in [0, 0.1) is 0 Å².